The average Bonchev–Trinajstić information content (AvgIpc) is 2.64. The Hall–Kier alpha value is -2.76. The molecule has 1 heterocycles. The number of pyridine rings is 1. The van der Waals surface area contributed by atoms with Gasteiger partial charge < -0.3 is 19.1 Å². The lowest BCUT2D eigenvalue weighted by atomic mass is 10.2. The molecule has 0 bridgehead atoms. The number of amides is 1. The van der Waals surface area contributed by atoms with E-state index < -0.39 is 0 Å². The van der Waals surface area contributed by atoms with Crippen molar-refractivity contribution in [2.45, 2.75) is 6.42 Å². The average molecular weight is 330 g/mol. The van der Waals surface area contributed by atoms with Crippen molar-refractivity contribution in [1.29, 1.82) is 0 Å². The first kappa shape index (κ1) is 17.6. The summed E-state index contributed by atoms with van der Waals surface area (Å²) in [6.07, 6.45) is 4.26. The highest BCUT2D eigenvalue weighted by Crippen LogP contribution is 2.36. The molecule has 0 aliphatic rings. The Morgan fingerprint density at radius 1 is 1.08 bits per heavy atom. The summed E-state index contributed by atoms with van der Waals surface area (Å²) < 4.78 is 16.1. The number of nitrogens with zero attached hydrogens (tertiary/aromatic N) is 2. The van der Waals surface area contributed by atoms with Crippen LogP contribution in [0, 0.1) is 0 Å². The van der Waals surface area contributed by atoms with E-state index in [-0.39, 0.29) is 12.5 Å². The van der Waals surface area contributed by atoms with Gasteiger partial charge in [-0.05, 0) is 36.2 Å². The van der Waals surface area contributed by atoms with Crippen molar-refractivity contribution in [3.05, 3.63) is 48.3 Å². The van der Waals surface area contributed by atoms with E-state index >= 15 is 0 Å². The maximum atomic E-state index is 12.2. The zero-order chi connectivity index (χ0) is 17.4. The van der Waals surface area contributed by atoms with Crippen LogP contribution in [0.15, 0.2) is 42.7 Å². The van der Waals surface area contributed by atoms with Crippen molar-refractivity contribution >= 4 is 5.91 Å². The third-order valence-electron chi connectivity index (χ3n) is 3.63. The molecule has 0 unspecified atom stereocenters. The van der Waals surface area contributed by atoms with Crippen LogP contribution in [0.25, 0.3) is 0 Å². The zero-order valence-electron chi connectivity index (χ0n) is 14.2. The summed E-state index contributed by atoms with van der Waals surface area (Å²) in [7, 11) is 4.85. The fourth-order valence-electron chi connectivity index (χ4n) is 2.19. The Morgan fingerprint density at radius 2 is 1.79 bits per heavy atom. The lowest BCUT2D eigenvalue weighted by Gasteiger charge is -2.18. The number of para-hydroxylation sites is 1. The van der Waals surface area contributed by atoms with Gasteiger partial charge in [0.05, 0.1) is 14.2 Å². The zero-order valence-corrected chi connectivity index (χ0v) is 14.2. The van der Waals surface area contributed by atoms with E-state index in [1.807, 2.05) is 12.1 Å². The van der Waals surface area contributed by atoms with Gasteiger partial charge in [-0.15, -0.1) is 0 Å². The number of rotatable bonds is 8. The summed E-state index contributed by atoms with van der Waals surface area (Å²) in [6, 6.07) is 9.18. The van der Waals surface area contributed by atoms with E-state index in [0.29, 0.717) is 23.8 Å². The lowest BCUT2D eigenvalue weighted by Crippen LogP contribution is -2.33. The molecular formula is C18H22N2O4. The quantitative estimate of drug-likeness (QED) is 0.742. The number of ether oxygens (including phenoxy) is 3. The van der Waals surface area contributed by atoms with Crippen LogP contribution in [0.3, 0.4) is 0 Å². The summed E-state index contributed by atoms with van der Waals surface area (Å²) >= 11 is 0. The van der Waals surface area contributed by atoms with Gasteiger partial charge in [-0.25, -0.2) is 0 Å². The highest BCUT2D eigenvalue weighted by molar-refractivity contribution is 5.77. The Morgan fingerprint density at radius 3 is 2.46 bits per heavy atom. The third-order valence-corrected chi connectivity index (χ3v) is 3.63. The van der Waals surface area contributed by atoms with Gasteiger partial charge in [0.25, 0.3) is 5.91 Å². The number of methoxy groups -OCH3 is 2. The van der Waals surface area contributed by atoms with Crippen LogP contribution in [0.2, 0.25) is 0 Å². The molecule has 0 N–H and O–H groups in total. The monoisotopic (exact) mass is 330 g/mol. The molecule has 1 amide bonds. The van der Waals surface area contributed by atoms with Gasteiger partial charge >= 0.3 is 0 Å². The summed E-state index contributed by atoms with van der Waals surface area (Å²) in [5, 5.41) is 0. The van der Waals surface area contributed by atoms with Crippen molar-refractivity contribution < 1.29 is 19.0 Å². The van der Waals surface area contributed by atoms with Gasteiger partial charge in [-0.3, -0.25) is 9.78 Å². The Labute approximate surface area is 142 Å². The number of hydrogen-bond donors (Lipinski definition) is 0. The van der Waals surface area contributed by atoms with Crippen LogP contribution < -0.4 is 14.2 Å². The summed E-state index contributed by atoms with van der Waals surface area (Å²) in [5.41, 5.74) is 1.14. The fourth-order valence-corrected chi connectivity index (χ4v) is 2.19. The molecule has 2 aromatic rings. The van der Waals surface area contributed by atoms with Gasteiger partial charge in [0.1, 0.15) is 0 Å². The van der Waals surface area contributed by atoms with E-state index in [1.165, 1.54) is 7.11 Å². The van der Waals surface area contributed by atoms with Gasteiger partial charge in [0.2, 0.25) is 5.75 Å². The maximum Gasteiger partial charge on any atom is 0.260 e. The number of hydrogen-bond acceptors (Lipinski definition) is 5. The van der Waals surface area contributed by atoms with Gasteiger partial charge in [-0.2, -0.15) is 0 Å². The molecule has 0 aliphatic carbocycles. The summed E-state index contributed by atoms with van der Waals surface area (Å²) in [4.78, 5) is 17.8. The minimum absolute atomic E-state index is 0.0592. The van der Waals surface area contributed by atoms with Crippen LogP contribution in [-0.4, -0.2) is 50.2 Å². The second-order valence-corrected chi connectivity index (χ2v) is 5.20. The van der Waals surface area contributed by atoms with Crippen molar-refractivity contribution in [3.63, 3.8) is 0 Å². The van der Waals surface area contributed by atoms with E-state index in [0.717, 1.165) is 12.0 Å². The second kappa shape index (κ2) is 8.76. The first-order chi connectivity index (χ1) is 11.7. The SMILES string of the molecule is COc1cccc(OCC(=O)N(C)CCc2ccncc2)c1OC. The maximum absolute atomic E-state index is 12.2. The predicted octanol–water partition coefficient (Wildman–Crippen LogP) is 2.18. The van der Waals surface area contributed by atoms with Gasteiger partial charge in [0, 0.05) is 26.0 Å². The normalized spacial score (nSPS) is 10.1. The molecule has 0 radical (unpaired) electrons. The standard InChI is InChI=1S/C18H22N2O4/c1-20(12-9-14-7-10-19-11-8-14)17(21)13-24-16-6-4-5-15(22-2)18(16)23-3/h4-8,10-11H,9,12-13H2,1-3H3. The second-order valence-electron chi connectivity index (χ2n) is 5.20. The fraction of sp³-hybridized carbons (Fsp3) is 0.333. The Balaban J connectivity index is 1.88. The van der Waals surface area contributed by atoms with Crippen molar-refractivity contribution in [2.75, 3.05) is 34.4 Å². The Kier molecular flexibility index (Phi) is 6.42. The highest BCUT2D eigenvalue weighted by Gasteiger charge is 2.14. The molecule has 0 fully saturated rings. The van der Waals surface area contributed by atoms with E-state index in [4.69, 9.17) is 14.2 Å². The van der Waals surface area contributed by atoms with Crippen LogP contribution in [0.5, 0.6) is 17.2 Å². The third kappa shape index (κ3) is 4.62. The minimum Gasteiger partial charge on any atom is -0.493 e. The summed E-state index contributed by atoms with van der Waals surface area (Å²) in [5.74, 6) is 1.42. The van der Waals surface area contributed by atoms with Gasteiger partial charge in [0.15, 0.2) is 18.1 Å². The van der Waals surface area contributed by atoms with E-state index in [1.54, 1.807) is 49.7 Å². The predicted molar refractivity (Wildman–Crippen MR) is 90.6 cm³/mol. The molecule has 0 aliphatic heterocycles. The number of aromatic nitrogens is 1. The number of carbonyl (C=O) groups is 1. The minimum atomic E-state index is -0.103. The highest BCUT2D eigenvalue weighted by atomic mass is 16.5. The van der Waals surface area contributed by atoms with E-state index in [9.17, 15) is 4.79 Å². The van der Waals surface area contributed by atoms with Crippen LogP contribution in [0.4, 0.5) is 0 Å². The molecule has 6 heteroatoms. The molecule has 1 aromatic carbocycles. The van der Waals surface area contributed by atoms with Gasteiger partial charge in [-0.1, -0.05) is 6.07 Å². The molecule has 2 rings (SSSR count). The van der Waals surface area contributed by atoms with Crippen molar-refractivity contribution in [2.24, 2.45) is 0 Å². The summed E-state index contributed by atoms with van der Waals surface area (Å²) in [6.45, 7) is 0.553. The molecule has 0 spiro atoms. The molecule has 6 nitrogen and oxygen atoms in total. The molecule has 24 heavy (non-hydrogen) atoms. The number of carbonyl (C=O) groups excluding carboxylic acids is 1. The number of likely N-dealkylation sites (N-methyl/N-ethyl adjacent to an activating group) is 1. The van der Waals surface area contributed by atoms with Crippen molar-refractivity contribution in [1.82, 2.24) is 9.88 Å². The first-order valence-electron chi connectivity index (χ1n) is 7.62. The topological polar surface area (TPSA) is 60.9 Å². The number of benzene rings is 1. The molecule has 0 saturated heterocycles. The lowest BCUT2D eigenvalue weighted by molar-refractivity contribution is -0.132. The molecule has 0 saturated carbocycles. The smallest absolute Gasteiger partial charge is 0.260 e. The largest absolute Gasteiger partial charge is 0.493 e. The molecular weight excluding hydrogens is 308 g/mol. The Bertz CT molecular complexity index is 661. The molecule has 0 atom stereocenters. The van der Waals surface area contributed by atoms with Crippen molar-refractivity contribution in [3.8, 4) is 17.2 Å². The van der Waals surface area contributed by atoms with Crippen LogP contribution in [-0.2, 0) is 11.2 Å². The molecule has 128 valence electrons. The van der Waals surface area contributed by atoms with Crippen LogP contribution >= 0.6 is 0 Å². The first-order valence-corrected chi connectivity index (χ1v) is 7.62. The van der Waals surface area contributed by atoms with E-state index in [2.05, 4.69) is 4.98 Å². The molecule has 1 aromatic heterocycles. The van der Waals surface area contributed by atoms with Crippen LogP contribution in [0.1, 0.15) is 5.56 Å².